The SMILES string of the molecule is CCCCCCCCCCCCCCCNC(=O)CCC(N)=O. The van der Waals surface area contributed by atoms with Crippen LogP contribution in [0.5, 0.6) is 0 Å². The van der Waals surface area contributed by atoms with Crippen LogP contribution < -0.4 is 11.1 Å². The molecule has 0 fully saturated rings. The highest BCUT2D eigenvalue weighted by atomic mass is 16.2. The quantitative estimate of drug-likeness (QED) is 0.387. The average molecular weight is 327 g/mol. The van der Waals surface area contributed by atoms with E-state index < -0.39 is 5.91 Å². The van der Waals surface area contributed by atoms with Crippen LogP contribution in [0.25, 0.3) is 0 Å². The zero-order valence-electron chi connectivity index (χ0n) is 15.2. The smallest absolute Gasteiger partial charge is 0.220 e. The van der Waals surface area contributed by atoms with E-state index in [1.807, 2.05) is 0 Å². The summed E-state index contributed by atoms with van der Waals surface area (Å²) in [5.41, 5.74) is 5.00. The van der Waals surface area contributed by atoms with Gasteiger partial charge in [-0.05, 0) is 6.42 Å². The van der Waals surface area contributed by atoms with Crippen LogP contribution in [0, 0.1) is 0 Å². The van der Waals surface area contributed by atoms with Gasteiger partial charge in [0.1, 0.15) is 0 Å². The molecule has 0 bridgehead atoms. The standard InChI is InChI=1S/C19H38N2O2/c1-2-3-4-5-6-7-8-9-10-11-12-13-14-17-21-19(23)16-15-18(20)22/h2-17H2,1H3,(H2,20,22)(H,21,23). The summed E-state index contributed by atoms with van der Waals surface area (Å²) in [6.07, 6.45) is 17.6. The van der Waals surface area contributed by atoms with Crippen molar-refractivity contribution in [3.05, 3.63) is 0 Å². The molecule has 0 aliphatic carbocycles. The van der Waals surface area contributed by atoms with Crippen molar-refractivity contribution in [2.75, 3.05) is 6.54 Å². The first-order valence-electron chi connectivity index (χ1n) is 9.71. The molecule has 136 valence electrons. The van der Waals surface area contributed by atoms with E-state index in [0.29, 0.717) is 0 Å². The second kappa shape index (κ2) is 17.3. The summed E-state index contributed by atoms with van der Waals surface area (Å²) < 4.78 is 0. The molecule has 0 aliphatic rings. The van der Waals surface area contributed by atoms with Gasteiger partial charge in [0.15, 0.2) is 0 Å². The van der Waals surface area contributed by atoms with Crippen molar-refractivity contribution in [3.8, 4) is 0 Å². The van der Waals surface area contributed by atoms with E-state index in [2.05, 4.69) is 12.2 Å². The Balaban J connectivity index is 3.10. The highest BCUT2D eigenvalue weighted by Gasteiger charge is 2.02. The molecule has 0 spiro atoms. The van der Waals surface area contributed by atoms with E-state index in [1.165, 1.54) is 77.0 Å². The van der Waals surface area contributed by atoms with Crippen molar-refractivity contribution in [2.45, 2.75) is 103 Å². The lowest BCUT2D eigenvalue weighted by molar-refractivity contribution is -0.125. The predicted molar refractivity (Wildman–Crippen MR) is 97.1 cm³/mol. The maximum absolute atomic E-state index is 11.3. The molecule has 3 N–H and O–H groups in total. The fourth-order valence-corrected chi connectivity index (χ4v) is 2.70. The number of unbranched alkanes of at least 4 members (excludes halogenated alkanes) is 12. The Morgan fingerprint density at radius 1 is 0.696 bits per heavy atom. The Labute approximate surface area is 143 Å². The number of nitrogens with one attached hydrogen (secondary N) is 1. The molecule has 0 heterocycles. The maximum Gasteiger partial charge on any atom is 0.220 e. The molecule has 0 aromatic rings. The normalized spacial score (nSPS) is 10.7. The van der Waals surface area contributed by atoms with Gasteiger partial charge >= 0.3 is 0 Å². The molecule has 0 rings (SSSR count). The summed E-state index contributed by atoms with van der Waals surface area (Å²) in [4.78, 5) is 21.9. The minimum Gasteiger partial charge on any atom is -0.370 e. The van der Waals surface area contributed by atoms with E-state index in [0.717, 1.165) is 13.0 Å². The van der Waals surface area contributed by atoms with Crippen molar-refractivity contribution in [1.29, 1.82) is 0 Å². The Morgan fingerprint density at radius 3 is 1.57 bits per heavy atom. The van der Waals surface area contributed by atoms with Crippen molar-refractivity contribution in [3.63, 3.8) is 0 Å². The van der Waals surface area contributed by atoms with E-state index in [-0.39, 0.29) is 18.7 Å². The topological polar surface area (TPSA) is 72.2 Å². The number of primary amides is 1. The van der Waals surface area contributed by atoms with Gasteiger partial charge in [0.2, 0.25) is 11.8 Å². The van der Waals surface area contributed by atoms with E-state index >= 15 is 0 Å². The molecule has 4 nitrogen and oxygen atoms in total. The molecule has 0 atom stereocenters. The minimum atomic E-state index is -0.416. The monoisotopic (exact) mass is 326 g/mol. The van der Waals surface area contributed by atoms with Gasteiger partial charge in [-0.25, -0.2) is 0 Å². The van der Waals surface area contributed by atoms with Gasteiger partial charge in [0.25, 0.3) is 0 Å². The van der Waals surface area contributed by atoms with Gasteiger partial charge in [0.05, 0.1) is 0 Å². The maximum atomic E-state index is 11.3. The molecule has 0 saturated carbocycles. The van der Waals surface area contributed by atoms with Crippen LogP contribution in [0.15, 0.2) is 0 Å². The van der Waals surface area contributed by atoms with Crippen molar-refractivity contribution in [2.24, 2.45) is 5.73 Å². The largest absolute Gasteiger partial charge is 0.370 e. The van der Waals surface area contributed by atoms with Crippen LogP contribution in [0.2, 0.25) is 0 Å². The highest BCUT2D eigenvalue weighted by Crippen LogP contribution is 2.12. The highest BCUT2D eigenvalue weighted by molar-refractivity contribution is 5.82. The fraction of sp³-hybridized carbons (Fsp3) is 0.895. The lowest BCUT2D eigenvalue weighted by Crippen LogP contribution is -2.25. The summed E-state index contributed by atoms with van der Waals surface area (Å²) in [5.74, 6) is -0.483. The first kappa shape index (κ1) is 21.9. The lowest BCUT2D eigenvalue weighted by Gasteiger charge is -2.05. The third kappa shape index (κ3) is 18.9. The summed E-state index contributed by atoms with van der Waals surface area (Å²) in [7, 11) is 0. The number of carbonyl (C=O) groups is 2. The van der Waals surface area contributed by atoms with Gasteiger partial charge in [-0.15, -0.1) is 0 Å². The Hall–Kier alpha value is -1.06. The van der Waals surface area contributed by atoms with E-state index in [9.17, 15) is 9.59 Å². The van der Waals surface area contributed by atoms with Crippen LogP contribution in [-0.4, -0.2) is 18.4 Å². The van der Waals surface area contributed by atoms with Gasteiger partial charge in [0, 0.05) is 19.4 Å². The summed E-state index contributed by atoms with van der Waals surface area (Å²) in [6, 6.07) is 0. The number of rotatable bonds is 17. The molecule has 0 aromatic heterocycles. The molecule has 0 radical (unpaired) electrons. The number of nitrogens with two attached hydrogens (primary N) is 1. The molecule has 4 heteroatoms. The van der Waals surface area contributed by atoms with Gasteiger partial charge in [-0.2, -0.15) is 0 Å². The molecule has 23 heavy (non-hydrogen) atoms. The van der Waals surface area contributed by atoms with Crippen molar-refractivity contribution < 1.29 is 9.59 Å². The van der Waals surface area contributed by atoms with Gasteiger partial charge < -0.3 is 11.1 Å². The number of hydrogen-bond acceptors (Lipinski definition) is 2. The van der Waals surface area contributed by atoms with Crippen molar-refractivity contribution in [1.82, 2.24) is 5.32 Å². The second-order valence-corrected chi connectivity index (χ2v) is 6.56. The zero-order chi connectivity index (χ0) is 17.2. The Bertz CT molecular complexity index is 293. The molecular formula is C19H38N2O2. The third-order valence-corrected chi connectivity index (χ3v) is 4.20. The number of hydrogen-bond donors (Lipinski definition) is 2. The van der Waals surface area contributed by atoms with Crippen LogP contribution in [0.3, 0.4) is 0 Å². The van der Waals surface area contributed by atoms with Crippen molar-refractivity contribution >= 4 is 11.8 Å². The first-order valence-corrected chi connectivity index (χ1v) is 9.71. The second-order valence-electron chi connectivity index (χ2n) is 6.56. The average Bonchev–Trinajstić information content (AvgIpc) is 2.53. The van der Waals surface area contributed by atoms with Crippen LogP contribution in [-0.2, 0) is 9.59 Å². The number of carbonyl (C=O) groups excluding carboxylic acids is 2. The van der Waals surface area contributed by atoms with Crippen LogP contribution in [0.4, 0.5) is 0 Å². The first-order chi connectivity index (χ1) is 11.2. The molecule has 0 aliphatic heterocycles. The Kier molecular flexibility index (Phi) is 16.5. The van der Waals surface area contributed by atoms with Crippen LogP contribution >= 0.6 is 0 Å². The van der Waals surface area contributed by atoms with Gasteiger partial charge in [-0.1, -0.05) is 84.0 Å². The molecule has 0 aromatic carbocycles. The van der Waals surface area contributed by atoms with E-state index in [4.69, 9.17) is 5.73 Å². The number of amides is 2. The molecule has 2 amide bonds. The van der Waals surface area contributed by atoms with E-state index in [1.54, 1.807) is 0 Å². The zero-order valence-corrected chi connectivity index (χ0v) is 15.2. The lowest BCUT2D eigenvalue weighted by atomic mass is 10.0. The summed E-state index contributed by atoms with van der Waals surface area (Å²) >= 11 is 0. The van der Waals surface area contributed by atoms with Crippen LogP contribution in [0.1, 0.15) is 103 Å². The minimum absolute atomic E-state index is 0.0669. The summed E-state index contributed by atoms with van der Waals surface area (Å²) in [6.45, 7) is 2.98. The predicted octanol–water partition coefficient (Wildman–Crippen LogP) is 4.46. The molecular weight excluding hydrogens is 288 g/mol. The van der Waals surface area contributed by atoms with Gasteiger partial charge in [-0.3, -0.25) is 9.59 Å². The Morgan fingerprint density at radius 2 is 1.13 bits per heavy atom. The molecule has 0 saturated heterocycles. The molecule has 0 unspecified atom stereocenters. The third-order valence-electron chi connectivity index (χ3n) is 4.20. The summed E-state index contributed by atoms with van der Waals surface area (Å²) in [5, 5.41) is 2.83. The fourth-order valence-electron chi connectivity index (χ4n) is 2.70.